The molecule has 0 bridgehead atoms. The number of halogens is 1. The van der Waals surface area contributed by atoms with Crippen molar-refractivity contribution in [2.45, 2.75) is 6.54 Å². The van der Waals surface area contributed by atoms with E-state index in [1.165, 1.54) is 0 Å². The fraction of sp³-hybridized carbons (Fsp3) is 0.364. The lowest BCUT2D eigenvalue weighted by Gasteiger charge is -2.13. The molecule has 0 saturated carbocycles. The molecule has 0 aromatic heterocycles. The molecule has 6 nitrogen and oxygen atoms in total. The first-order valence-corrected chi connectivity index (χ1v) is 4.96. The fourth-order valence-electron chi connectivity index (χ4n) is 1.40. The SMILES string of the molecule is COc1cc(OC)c(CN=C(N)N)c(OC)c1.I. The summed E-state index contributed by atoms with van der Waals surface area (Å²) >= 11 is 0. The summed E-state index contributed by atoms with van der Waals surface area (Å²) in [7, 11) is 4.70. The minimum atomic E-state index is 0. The highest BCUT2D eigenvalue weighted by Crippen LogP contribution is 2.34. The second-order valence-electron chi connectivity index (χ2n) is 3.25. The molecule has 0 radical (unpaired) electrons. The molecule has 102 valence electrons. The monoisotopic (exact) mass is 367 g/mol. The molecule has 7 heteroatoms. The third-order valence-electron chi connectivity index (χ3n) is 2.24. The Morgan fingerprint density at radius 2 is 1.56 bits per heavy atom. The highest BCUT2D eigenvalue weighted by atomic mass is 127. The van der Waals surface area contributed by atoms with Gasteiger partial charge in [-0.2, -0.15) is 0 Å². The standard InChI is InChI=1S/C11H17N3O3.HI/c1-15-7-4-9(16-2)8(6-14-11(12)13)10(5-7)17-3;/h4-5H,6H2,1-3H3,(H4,12,13,14);1H. The molecule has 0 fully saturated rings. The smallest absolute Gasteiger partial charge is 0.186 e. The van der Waals surface area contributed by atoms with Crippen molar-refractivity contribution in [2.24, 2.45) is 16.5 Å². The number of ether oxygens (including phenoxy) is 3. The summed E-state index contributed by atoms with van der Waals surface area (Å²) in [5.41, 5.74) is 11.4. The molecule has 0 unspecified atom stereocenters. The van der Waals surface area contributed by atoms with Crippen LogP contribution in [0, 0.1) is 0 Å². The van der Waals surface area contributed by atoms with E-state index in [9.17, 15) is 0 Å². The van der Waals surface area contributed by atoms with E-state index in [2.05, 4.69) is 4.99 Å². The summed E-state index contributed by atoms with van der Waals surface area (Å²) in [6.07, 6.45) is 0. The predicted octanol–water partition coefficient (Wildman–Crippen LogP) is 1.10. The van der Waals surface area contributed by atoms with Gasteiger partial charge in [-0.15, -0.1) is 24.0 Å². The zero-order valence-electron chi connectivity index (χ0n) is 10.6. The average Bonchev–Trinajstić information content (AvgIpc) is 2.34. The largest absolute Gasteiger partial charge is 0.496 e. The minimum Gasteiger partial charge on any atom is -0.496 e. The van der Waals surface area contributed by atoms with Gasteiger partial charge < -0.3 is 25.7 Å². The van der Waals surface area contributed by atoms with Crippen LogP contribution in [0.2, 0.25) is 0 Å². The lowest BCUT2D eigenvalue weighted by atomic mass is 10.1. The van der Waals surface area contributed by atoms with Gasteiger partial charge in [-0.25, -0.2) is 4.99 Å². The normalized spacial score (nSPS) is 9.06. The molecule has 1 aromatic carbocycles. The summed E-state index contributed by atoms with van der Waals surface area (Å²) in [6.45, 7) is 0.290. The van der Waals surface area contributed by atoms with E-state index in [0.717, 1.165) is 5.56 Å². The van der Waals surface area contributed by atoms with E-state index < -0.39 is 0 Å². The third-order valence-corrected chi connectivity index (χ3v) is 2.24. The predicted molar refractivity (Wildman–Crippen MR) is 81.0 cm³/mol. The Kier molecular flexibility index (Phi) is 7.25. The molecule has 0 atom stereocenters. The van der Waals surface area contributed by atoms with E-state index in [4.69, 9.17) is 25.7 Å². The maximum Gasteiger partial charge on any atom is 0.186 e. The van der Waals surface area contributed by atoms with Crippen molar-refractivity contribution in [3.05, 3.63) is 17.7 Å². The first kappa shape index (κ1) is 16.6. The van der Waals surface area contributed by atoms with Crippen LogP contribution in [0.5, 0.6) is 17.2 Å². The number of rotatable bonds is 5. The zero-order valence-corrected chi connectivity index (χ0v) is 12.9. The molecular weight excluding hydrogens is 349 g/mol. The second kappa shape index (κ2) is 7.85. The van der Waals surface area contributed by atoms with Gasteiger partial charge in [-0.1, -0.05) is 0 Å². The number of hydrogen-bond donors (Lipinski definition) is 2. The summed E-state index contributed by atoms with van der Waals surface area (Å²) in [6, 6.07) is 3.50. The Morgan fingerprint density at radius 1 is 1.06 bits per heavy atom. The van der Waals surface area contributed by atoms with Gasteiger partial charge in [-0.05, 0) is 0 Å². The van der Waals surface area contributed by atoms with Crippen molar-refractivity contribution in [3.63, 3.8) is 0 Å². The number of hydrogen-bond acceptors (Lipinski definition) is 4. The van der Waals surface area contributed by atoms with Crippen molar-refractivity contribution < 1.29 is 14.2 Å². The van der Waals surface area contributed by atoms with Gasteiger partial charge in [0.05, 0.1) is 33.4 Å². The molecule has 4 N–H and O–H groups in total. The summed E-state index contributed by atoms with van der Waals surface area (Å²) in [5, 5.41) is 0. The van der Waals surface area contributed by atoms with Gasteiger partial charge in [0.15, 0.2) is 5.96 Å². The van der Waals surface area contributed by atoms with Crippen LogP contribution in [0.1, 0.15) is 5.56 Å². The van der Waals surface area contributed by atoms with Crippen molar-refractivity contribution in [3.8, 4) is 17.2 Å². The zero-order chi connectivity index (χ0) is 12.8. The molecule has 0 heterocycles. The quantitative estimate of drug-likeness (QED) is 0.462. The number of methoxy groups -OCH3 is 3. The van der Waals surface area contributed by atoms with E-state index >= 15 is 0 Å². The van der Waals surface area contributed by atoms with Crippen molar-refractivity contribution in [2.75, 3.05) is 21.3 Å². The van der Waals surface area contributed by atoms with E-state index in [0.29, 0.717) is 23.8 Å². The maximum absolute atomic E-state index is 5.30. The van der Waals surface area contributed by atoms with Crippen LogP contribution >= 0.6 is 24.0 Å². The van der Waals surface area contributed by atoms with Crippen molar-refractivity contribution in [1.29, 1.82) is 0 Å². The Hall–Kier alpha value is -1.38. The Bertz CT molecular complexity index is 395. The molecule has 0 spiro atoms. The lowest BCUT2D eigenvalue weighted by molar-refractivity contribution is 0.369. The highest BCUT2D eigenvalue weighted by molar-refractivity contribution is 14.0. The first-order valence-electron chi connectivity index (χ1n) is 4.96. The molecule has 1 rings (SSSR count). The number of nitrogens with two attached hydrogens (primary N) is 2. The van der Waals surface area contributed by atoms with Crippen LogP contribution in [0.4, 0.5) is 0 Å². The van der Waals surface area contributed by atoms with Gasteiger partial charge in [-0.3, -0.25) is 0 Å². The van der Waals surface area contributed by atoms with Crippen LogP contribution in [0.25, 0.3) is 0 Å². The molecular formula is C11H18IN3O3. The van der Waals surface area contributed by atoms with Gasteiger partial charge in [0, 0.05) is 12.1 Å². The molecule has 0 amide bonds. The molecule has 0 saturated heterocycles. The van der Waals surface area contributed by atoms with E-state index in [1.54, 1.807) is 33.5 Å². The van der Waals surface area contributed by atoms with Crippen molar-refractivity contribution >= 4 is 29.9 Å². The van der Waals surface area contributed by atoms with Gasteiger partial charge in [0.2, 0.25) is 0 Å². The molecule has 0 aliphatic carbocycles. The Balaban J connectivity index is 0.00000289. The second-order valence-corrected chi connectivity index (χ2v) is 3.25. The summed E-state index contributed by atoms with van der Waals surface area (Å²) < 4.78 is 15.6. The van der Waals surface area contributed by atoms with Gasteiger partial charge in [0.25, 0.3) is 0 Å². The van der Waals surface area contributed by atoms with Gasteiger partial charge in [0.1, 0.15) is 17.2 Å². The van der Waals surface area contributed by atoms with Crippen LogP contribution < -0.4 is 25.7 Å². The molecule has 0 aliphatic heterocycles. The van der Waals surface area contributed by atoms with Crippen molar-refractivity contribution in [1.82, 2.24) is 0 Å². The third kappa shape index (κ3) is 4.13. The lowest BCUT2D eigenvalue weighted by Crippen LogP contribution is -2.22. The average molecular weight is 367 g/mol. The minimum absolute atomic E-state index is 0. The number of aliphatic imine (C=N–C) groups is 1. The fourth-order valence-corrected chi connectivity index (χ4v) is 1.40. The van der Waals surface area contributed by atoms with Crippen LogP contribution in [-0.4, -0.2) is 27.3 Å². The molecule has 1 aromatic rings. The van der Waals surface area contributed by atoms with Crippen LogP contribution in [0.3, 0.4) is 0 Å². The maximum atomic E-state index is 5.30. The summed E-state index contributed by atoms with van der Waals surface area (Å²) in [4.78, 5) is 3.94. The van der Waals surface area contributed by atoms with Crippen LogP contribution in [-0.2, 0) is 6.54 Å². The molecule has 0 aliphatic rings. The number of nitrogens with zero attached hydrogens (tertiary/aromatic N) is 1. The topological polar surface area (TPSA) is 92.1 Å². The van der Waals surface area contributed by atoms with E-state index in [1.807, 2.05) is 0 Å². The highest BCUT2D eigenvalue weighted by Gasteiger charge is 2.12. The Labute approximate surface area is 123 Å². The van der Waals surface area contributed by atoms with Gasteiger partial charge >= 0.3 is 0 Å². The van der Waals surface area contributed by atoms with Crippen LogP contribution in [0.15, 0.2) is 17.1 Å². The number of guanidine groups is 1. The Morgan fingerprint density at radius 3 is 1.89 bits per heavy atom. The first-order chi connectivity index (χ1) is 8.12. The number of benzene rings is 1. The van der Waals surface area contributed by atoms with E-state index in [-0.39, 0.29) is 29.9 Å². The summed E-state index contributed by atoms with van der Waals surface area (Å²) in [5.74, 6) is 1.90. The molecule has 18 heavy (non-hydrogen) atoms.